The maximum atomic E-state index is 5.56. The highest BCUT2D eigenvalue weighted by atomic mass is 16.5. The van der Waals surface area contributed by atoms with Gasteiger partial charge >= 0.3 is 0 Å². The Morgan fingerprint density at radius 2 is 2.12 bits per heavy atom. The van der Waals surface area contributed by atoms with Crippen LogP contribution in [0.5, 0.6) is 5.75 Å². The van der Waals surface area contributed by atoms with E-state index >= 15 is 0 Å². The molecule has 0 aromatic heterocycles. The smallest absolute Gasteiger partial charge is 0.120 e. The van der Waals surface area contributed by atoms with E-state index in [0.29, 0.717) is 19.1 Å². The fourth-order valence-electron chi connectivity index (χ4n) is 1.27. The number of rotatable bonds is 7. The lowest BCUT2D eigenvalue weighted by Crippen LogP contribution is -2.10. The van der Waals surface area contributed by atoms with Gasteiger partial charge in [0.15, 0.2) is 0 Å². The molecule has 0 aliphatic carbocycles. The van der Waals surface area contributed by atoms with Gasteiger partial charge < -0.3 is 9.47 Å². The van der Waals surface area contributed by atoms with Crippen molar-refractivity contribution in [3.63, 3.8) is 0 Å². The van der Waals surface area contributed by atoms with Gasteiger partial charge in [0.05, 0.1) is 6.61 Å². The molecule has 1 aromatic rings. The van der Waals surface area contributed by atoms with Crippen molar-refractivity contribution in [1.82, 2.24) is 0 Å². The average molecular weight is 220 g/mol. The van der Waals surface area contributed by atoms with E-state index in [4.69, 9.17) is 9.47 Å². The first kappa shape index (κ1) is 12.8. The van der Waals surface area contributed by atoms with Crippen LogP contribution in [0, 0.1) is 5.92 Å². The molecule has 2 nitrogen and oxygen atoms in total. The molecule has 0 fully saturated rings. The third-order valence-corrected chi connectivity index (χ3v) is 2.04. The molecule has 1 rings (SSSR count). The summed E-state index contributed by atoms with van der Waals surface area (Å²) < 4.78 is 11.0. The zero-order valence-corrected chi connectivity index (χ0v) is 10.1. The zero-order valence-electron chi connectivity index (χ0n) is 10.1. The predicted molar refractivity (Wildman–Crippen MR) is 67.7 cm³/mol. The van der Waals surface area contributed by atoms with Crippen molar-refractivity contribution in [2.75, 3.05) is 19.8 Å². The quantitative estimate of drug-likeness (QED) is 0.656. The van der Waals surface area contributed by atoms with Gasteiger partial charge in [-0.2, -0.15) is 0 Å². The van der Waals surface area contributed by atoms with Gasteiger partial charge in [0.1, 0.15) is 12.4 Å². The Hall–Kier alpha value is -1.28. The van der Waals surface area contributed by atoms with Crippen molar-refractivity contribution < 1.29 is 9.47 Å². The maximum Gasteiger partial charge on any atom is 0.120 e. The SMILES string of the molecule is C=Cc1cccc(OCCOCC(C)C)c1. The molecule has 0 radical (unpaired) electrons. The summed E-state index contributed by atoms with van der Waals surface area (Å²) in [5, 5.41) is 0. The molecular weight excluding hydrogens is 200 g/mol. The monoisotopic (exact) mass is 220 g/mol. The van der Waals surface area contributed by atoms with Crippen molar-refractivity contribution in [1.29, 1.82) is 0 Å². The van der Waals surface area contributed by atoms with Crippen LogP contribution >= 0.6 is 0 Å². The summed E-state index contributed by atoms with van der Waals surface area (Å²) >= 11 is 0. The Morgan fingerprint density at radius 1 is 1.31 bits per heavy atom. The van der Waals surface area contributed by atoms with Gasteiger partial charge in [0.25, 0.3) is 0 Å². The molecule has 0 unspecified atom stereocenters. The molecule has 0 amide bonds. The highest BCUT2D eigenvalue weighted by Crippen LogP contribution is 2.13. The Labute approximate surface area is 97.9 Å². The number of hydrogen-bond acceptors (Lipinski definition) is 2. The Kier molecular flexibility index (Phi) is 5.65. The van der Waals surface area contributed by atoms with Crippen molar-refractivity contribution in [3.8, 4) is 5.75 Å². The van der Waals surface area contributed by atoms with Gasteiger partial charge in [-0.05, 0) is 23.6 Å². The first-order valence-electron chi connectivity index (χ1n) is 5.65. The molecule has 2 heteroatoms. The minimum absolute atomic E-state index is 0.573. The normalized spacial score (nSPS) is 10.4. The fraction of sp³-hybridized carbons (Fsp3) is 0.429. The largest absolute Gasteiger partial charge is 0.491 e. The van der Waals surface area contributed by atoms with E-state index < -0.39 is 0 Å². The van der Waals surface area contributed by atoms with Gasteiger partial charge in [-0.15, -0.1) is 0 Å². The second-order valence-electron chi connectivity index (χ2n) is 4.09. The minimum atomic E-state index is 0.573. The molecule has 0 saturated carbocycles. The fourth-order valence-corrected chi connectivity index (χ4v) is 1.27. The van der Waals surface area contributed by atoms with Crippen LogP contribution in [-0.4, -0.2) is 19.8 Å². The summed E-state index contributed by atoms with van der Waals surface area (Å²) in [6.45, 7) is 10.0. The first-order chi connectivity index (χ1) is 7.72. The Balaban J connectivity index is 2.23. The molecule has 0 saturated heterocycles. The predicted octanol–water partition coefficient (Wildman–Crippen LogP) is 3.38. The molecule has 0 aliphatic heterocycles. The van der Waals surface area contributed by atoms with E-state index in [9.17, 15) is 0 Å². The molecule has 0 atom stereocenters. The standard InChI is InChI=1S/C14H20O2/c1-4-13-6-5-7-14(10-13)16-9-8-15-11-12(2)3/h4-7,10,12H,1,8-9,11H2,2-3H3. The lowest BCUT2D eigenvalue weighted by Gasteiger charge is -2.09. The maximum absolute atomic E-state index is 5.56. The number of benzene rings is 1. The number of hydrogen-bond donors (Lipinski definition) is 0. The van der Waals surface area contributed by atoms with Crippen LogP contribution in [0.3, 0.4) is 0 Å². The van der Waals surface area contributed by atoms with Crippen LogP contribution in [0.25, 0.3) is 6.08 Å². The van der Waals surface area contributed by atoms with Crippen molar-refractivity contribution in [3.05, 3.63) is 36.4 Å². The van der Waals surface area contributed by atoms with E-state index in [0.717, 1.165) is 17.9 Å². The van der Waals surface area contributed by atoms with Crippen LogP contribution in [0.2, 0.25) is 0 Å². The van der Waals surface area contributed by atoms with Crippen molar-refractivity contribution >= 4 is 6.08 Å². The zero-order chi connectivity index (χ0) is 11.8. The van der Waals surface area contributed by atoms with Crippen LogP contribution in [0.15, 0.2) is 30.8 Å². The van der Waals surface area contributed by atoms with E-state index in [1.807, 2.05) is 30.3 Å². The summed E-state index contributed by atoms with van der Waals surface area (Å²) in [7, 11) is 0. The Bertz CT molecular complexity index is 318. The summed E-state index contributed by atoms with van der Waals surface area (Å²) in [5.41, 5.74) is 1.07. The highest BCUT2D eigenvalue weighted by Gasteiger charge is 1.96. The molecular formula is C14H20O2. The topological polar surface area (TPSA) is 18.5 Å². The van der Waals surface area contributed by atoms with Crippen LogP contribution < -0.4 is 4.74 Å². The summed E-state index contributed by atoms with van der Waals surface area (Å²) in [6, 6.07) is 7.86. The second-order valence-corrected chi connectivity index (χ2v) is 4.09. The summed E-state index contributed by atoms with van der Waals surface area (Å²) in [6.07, 6.45) is 1.81. The van der Waals surface area contributed by atoms with Crippen molar-refractivity contribution in [2.45, 2.75) is 13.8 Å². The van der Waals surface area contributed by atoms with Crippen LogP contribution in [-0.2, 0) is 4.74 Å². The van der Waals surface area contributed by atoms with E-state index in [1.54, 1.807) is 0 Å². The Morgan fingerprint density at radius 3 is 2.81 bits per heavy atom. The van der Waals surface area contributed by atoms with Crippen molar-refractivity contribution in [2.24, 2.45) is 5.92 Å². The number of ether oxygens (including phenoxy) is 2. The van der Waals surface area contributed by atoms with Gasteiger partial charge in [-0.3, -0.25) is 0 Å². The average Bonchev–Trinajstić information content (AvgIpc) is 2.28. The van der Waals surface area contributed by atoms with E-state index in [1.165, 1.54) is 0 Å². The molecule has 0 bridgehead atoms. The molecule has 0 spiro atoms. The molecule has 88 valence electrons. The summed E-state index contributed by atoms with van der Waals surface area (Å²) in [5.74, 6) is 1.44. The van der Waals surface area contributed by atoms with Gasteiger partial charge in [0, 0.05) is 6.61 Å². The molecule has 1 aromatic carbocycles. The van der Waals surface area contributed by atoms with E-state index in [2.05, 4.69) is 20.4 Å². The van der Waals surface area contributed by atoms with Gasteiger partial charge in [-0.25, -0.2) is 0 Å². The second kappa shape index (κ2) is 7.07. The lowest BCUT2D eigenvalue weighted by molar-refractivity contribution is 0.0819. The highest BCUT2D eigenvalue weighted by molar-refractivity contribution is 5.49. The molecule has 0 aliphatic rings. The van der Waals surface area contributed by atoms with Crippen LogP contribution in [0.4, 0.5) is 0 Å². The third kappa shape index (κ3) is 4.99. The molecule has 0 N–H and O–H groups in total. The van der Waals surface area contributed by atoms with Crippen LogP contribution in [0.1, 0.15) is 19.4 Å². The van der Waals surface area contributed by atoms with Gasteiger partial charge in [-0.1, -0.05) is 38.6 Å². The molecule has 0 heterocycles. The third-order valence-electron chi connectivity index (χ3n) is 2.04. The van der Waals surface area contributed by atoms with Gasteiger partial charge in [0.2, 0.25) is 0 Å². The summed E-state index contributed by atoms with van der Waals surface area (Å²) in [4.78, 5) is 0. The van der Waals surface area contributed by atoms with E-state index in [-0.39, 0.29) is 0 Å². The first-order valence-corrected chi connectivity index (χ1v) is 5.65. The lowest BCUT2D eigenvalue weighted by atomic mass is 10.2. The minimum Gasteiger partial charge on any atom is -0.491 e. The molecule has 16 heavy (non-hydrogen) atoms.